The second-order valence-electron chi connectivity index (χ2n) is 7.61. The first-order valence-electron chi connectivity index (χ1n) is 10.8. The third kappa shape index (κ3) is 7.59. The number of ether oxygens (including phenoxy) is 3. The molecule has 1 aromatic rings. The van der Waals surface area contributed by atoms with Gasteiger partial charge in [0.25, 0.3) is 0 Å². The quantitative estimate of drug-likeness (QED) is 0.351. The van der Waals surface area contributed by atoms with Gasteiger partial charge in [-0.1, -0.05) is 30.3 Å². The van der Waals surface area contributed by atoms with Crippen molar-refractivity contribution in [3.8, 4) is 0 Å². The van der Waals surface area contributed by atoms with Crippen molar-refractivity contribution < 1.29 is 14.2 Å². The molecule has 2 fully saturated rings. The normalized spacial score (nSPS) is 21.8. The molecule has 0 spiro atoms. The van der Waals surface area contributed by atoms with Crippen molar-refractivity contribution in [2.45, 2.75) is 18.9 Å². The van der Waals surface area contributed by atoms with E-state index in [1.165, 1.54) is 5.56 Å². The fraction of sp³-hybridized carbons (Fsp3) is 0.682. The lowest BCUT2D eigenvalue weighted by molar-refractivity contribution is 0.0170. The van der Waals surface area contributed by atoms with Gasteiger partial charge >= 0.3 is 0 Å². The fourth-order valence-electron chi connectivity index (χ4n) is 3.78. The number of morpholine rings is 1. The molecule has 2 saturated heterocycles. The first kappa shape index (κ1) is 22.0. The predicted octanol–water partition coefficient (Wildman–Crippen LogP) is 1.67. The molecular weight excluding hydrogens is 368 g/mol. The Balaban J connectivity index is 1.38. The number of hydrogen-bond acceptors (Lipinski definition) is 5. The zero-order valence-corrected chi connectivity index (χ0v) is 17.6. The molecule has 0 aliphatic carbocycles. The molecule has 2 atom stereocenters. The Bertz CT molecular complexity index is 587. The molecule has 3 rings (SSSR count). The van der Waals surface area contributed by atoms with Gasteiger partial charge in [0.05, 0.1) is 32.5 Å². The van der Waals surface area contributed by atoms with Gasteiger partial charge in [0.2, 0.25) is 0 Å². The van der Waals surface area contributed by atoms with E-state index >= 15 is 0 Å². The van der Waals surface area contributed by atoms with Crippen LogP contribution in [0.15, 0.2) is 35.3 Å². The summed E-state index contributed by atoms with van der Waals surface area (Å²) in [5.74, 6) is 1.41. The highest BCUT2D eigenvalue weighted by Gasteiger charge is 2.22. The largest absolute Gasteiger partial charge is 0.381 e. The van der Waals surface area contributed by atoms with Crippen molar-refractivity contribution in [2.75, 3.05) is 72.9 Å². The van der Waals surface area contributed by atoms with Crippen LogP contribution in [0.3, 0.4) is 0 Å². The summed E-state index contributed by atoms with van der Waals surface area (Å²) in [7, 11) is 1.82. The minimum Gasteiger partial charge on any atom is -0.381 e. The van der Waals surface area contributed by atoms with E-state index in [0.29, 0.717) is 12.0 Å². The lowest BCUT2D eigenvalue weighted by Crippen LogP contribution is -2.46. The lowest BCUT2D eigenvalue weighted by Gasteiger charge is -2.35. The fourth-order valence-corrected chi connectivity index (χ4v) is 3.78. The van der Waals surface area contributed by atoms with Gasteiger partial charge in [-0.15, -0.1) is 0 Å². The molecule has 0 aromatic heterocycles. The number of guanidine groups is 1. The molecule has 2 N–H and O–H groups in total. The lowest BCUT2D eigenvalue weighted by atomic mass is 10.0. The minimum atomic E-state index is 0.301. The van der Waals surface area contributed by atoms with E-state index in [2.05, 4.69) is 50.9 Å². The Kier molecular flexibility index (Phi) is 9.72. The molecule has 2 aliphatic heterocycles. The predicted molar refractivity (Wildman–Crippen MR) is 115 cm³/mol. The monoisotopic (exact) mass is 404 g/mol. The maximum absolute atomic E-state index is 5.77. The number of hydrogen-bond donors (Lipinski definition) is 2. The molecule has 29 heavy (non-hydrogen) atoms. The topological polar surface area (TPSA) is 67.4 Å². The molecule has 7 nitrogen and oxygen atoms in total. The standard InChI is InChI=1S/C22H36N4O3/c1-23-22(24-9-5-12-28-17-19-8-13-29-18-19)25-16-21(20-6-3-2-4-7-20)26-10-14-27-15-11-26/h2-4,6-7,19,21H,5,8-18H2,1H3,(H2,23,24,25). The number of rotatable bonds is 10. The average Bonchev–Trinajstić information content (AvgIpc) is 3.30. The molecule has 0 amide bonds. The smallest absolute Gasteiger partial charge is 0.191 e. The second-order valence-corrected chi connectivity index (χ2v) is 7.61. The Morgan fingerprint density at radius 1 is 1.17 bits per heavy atom. The summed E-state index contributed by atoms with van der Waals surface area (Å²) < 4.78 is 16.7. The summed E-state index contributed by atoms with van der Waals surface area (Å²) in [5, 5.41) is 6.90. The van der Waals surface area contributed by atoms with Crippen LogP contribution in [0.1, 0.15) is 24.4 Å². The highest BCUT2D eigenvalue weighted by Crippen LogP contribution is 2.21. The van der Waals surface area contributed by atoms with Crippen LogP contribution in [0.2, 0.25) is 0 Å². The SMILES string of the molecule is CN=C(NCCCOCC1CCOC1)NCC(c1ccccc1)N1CCOCC1. The Morgan fingerprint density at radius 3 is 2.72 bits per heavy atom. The maximum Gasteiger partial charge on any atom is 0.191 e. The van der Waals surface area contributed by atoms with E-state index in [-0.39, 0.29) is 0 Å². The van der Waals surface area contributed by atoms with Crippen LogP contribution >= 0.6 is 0 Å². The van der Waals surface area contributed by atoms with E-state index in [9.17, 15) is 0 Å². The van der Waals surface area contributed by atoms with Gasteiger partial charge in [0.15, 0.2) is 5.96 Å². The van der Waals surface area contributed by atoms with Crippen LogP contribution in [-0.4, -0.2) is 83.7 Å². The van der Waals surface area contributed by atoms with Crippen LogP contribution in [0, 0.1) is 5.92 Å². The van der Waals surface area contributed by atoms with Crippen LogP contribution in [0.25, 0.3) is 0 Å². The third-order valence-corrected chi connectivity index (χ3v) is 5.49. The Hall–Kier alpha value is -1.67. The van der Waals surface area contributed by atoms with Gasteiger partial charge in [-0.2, -0.15) is 0 Å². The Morgan fingerprint density at radius 2 is 2.00 bits per heavy atom. The van der Waals surface area contributed by atoms with Gasteiger partial charge in [-0.3, -0.25) is 9.89 Å². The summed E-state index contributed by atoms with van der Waals surface area (Å²) >= 11 is 0. The second kappa shape index (κ2) is 12.8. The van der Waals surface area contributed by atoms with Gasteiger partial charge in [-0.25, -0.2) is 0 Å². The molecule has 0 bridgehead atoms. The number of aliphatic imine (C=N–C) groups is 1. The van der Waals surface area contributed by atoms with E-state index in [1.807, 2.05) is 7.05 Å². The van der Waals surface area contributed by atoms with Crippen molar-refractivity contribution in [3.63, 3.8) is 0 Å². The van der Waals surface area contributed by atoms with Gasteiger partial charge in [-0.05, 0) is 18.4 Å². The molecule has 7 heteroatoms. The number of nitrogens with one attached hydrogen (secondary N) is 2. The molecule has 2 unspecified atom stereocenters. The average molecular weight is 405 g/mol. The Labute approximate surface area is 174 Å². The summed E-state index contributed by atoms with van der Waals surface area (Å²) in [6.07, 6.45) is 2.08. The van der Waals surface area contributed by atoms with Crippen molar-refractivity contribution >= 4 is 5.96 Å². The van der Waals surface area contributed by atoms with Crippen molar-refractivity contribution in [3.05, 3.63) is 35.9 Å². The molecule has 162 valence electrons. The summed E-state index contributed by atoms with van der Waals surface area (Å²) in [6.45, 7) is 8.45. The summed E-state index contributed by atoms with van der Waals surface area (Å²) in [5.41, 5.74) is 1.32. The minimum absolute atomic E-state index is 0.301. The van der Waals surface area contributed by atoms with Crippen LogP contribution in [0.5, 0.6) is 0 Å². The molecule has 1 aromatic carbocycles. The van der Waals surface area contributed by atoms with Crippen molar-refractivity contribution in [2.24, 2.45) is 10.9 Å². The number of nitrogens with zero attached hydrogens (tertiary/aromatic N) is 2. The summed E-state index contributed by atoms with van der Waals surface area (Å²) in [4.78, 5) is 6.86. The maximum atomic E-state index is 5.77. The third-order valence-electron chi connectivity index (χ3n) is 5.49. The zero-order valence-electron chi connectivity index (χ0n) is 17.6. The molecule has 0 saturated carbocycles. The molecule has 2 aliphatic rings. The zero-order chi connectivity index (χ0) is 20.2. The molecular formula is C22H36N4O3. The van der Waals surface area contributed by atoms with Crippen LogP contribution < -0.4 is 10.6 Å². The highest BCUT2D eigenvalue weighted by molar-refractivity contribution is 5.79. The molecule has 0 radical (unpaired) electrons. The van der Waals surface area contributed by atoms with Crippen LogP contribution in [0.4, 0.5) is 0 Å². The van der Waals surface area contributed by atoms with E-state index < -0.39 is 0 Å². The highest BCUT2D eigenvalue weighted by atomic mass is 16.5. The van der Waals surface area contributed by atoms with Gasteiger partial charge in [0, 0.05) is 52.4 Å². The summed E-state index contributed by atoms with van der Waals surface area (Å²) in [6, 6.07) is 11.0. The van der Waals surface area contributed by atoms with Crippen LogP contribution in [-0.2, 0) is 14.2 Å². The first-order valence-corrected chi connectivity index (χ1v) is 10.8. The van der Waals surface area contributed by atoms with Gasteiger partial charge < -0.3 is 24.8 Å². The first-order chi connectivity index (χ1) is 14.4. The number of benzene rings is 1. The van der Waals surface area contributed by atoms with E-state index in [1.54, 1.807) is 0 Å². The van der Waals surface area contributed by atoms with Gasteiger partial charge in [0.1, 0.15) is 0 Å². The van der Waals surface area contributed by atoms with Crippen molar-refractivity contribution in [1.82, 2.24) is 15.5 Å². The van der Waals surface area contributed by atoms with E-state index in [4.69, 9.17) is 14.2 Å². The van der Waals surface area contributed by atoms with E-state index in [0.717, 1.165) is 84.6 Å². The van der Waals surface area contributed by atoms with Crippen molar-refractivity contribution in [1.29, 1.82) is 0 Å². The molecule has 2 heterocycles.